The van der Waals surface area contributed by atoms with E-state index in [1.807, 2.05) is 52.8 Å². The fraction of sp³-hybridized carbons (Fsp3) is 0.500. The average Bonchev–Trinajstić information content (AvgIpc) is 2.20. The molecule has 1 aromatic rings. The zero-order valence-corrected chi connectivity index (χ0v) is 11.3. The lowest BCUT2D eigenvalue weighted by molar-refractivity contribution is -0.115. The van der Waals surface area contributed by atoms with Crippen LogP contribution >= 0.6 is 0 Å². The Bertz CT molecular complexity index is 405. The summed E-state index contributed by atoms with van der Waals surface area (Å²) in [6.45, 7) is 10.5. The average molecular weight is 234 g/mol. The van der Waals surface area contributed by atoms with Crippen LogP contribution in [0.1, 0.15) is 31.9 Å². The van der Waals surface area contributed by atoms with Gasteiger partial charge in [0.25, 0.3) is 0 Å². The van der Waals surface area contributed by atoms with E-state index in [1.165, 1.54) is 0 Å². The number of carbonyl (C=O) groups is 1. The maximum absolute atomic E-state index is 11.7. The van der Waals surface area contributed by atoms with Gasteiger partial charge in [-0.25, -0.2) is 0 Å². The molecule has 1 aromatic carbocycles. The van der Waals surface area contributed by atoms with E-state index in [2.05, 4.69) is 10.6 Å². The van der Waals surface area contributed by atoms with Crippen molar-refractivity contribution < 1.29 is 4.79 Å². The molecule has 0 aromatic heterocycles. The monoisotopic (exact) mass is 234 g/mol. The van der Waals surface area contributed by atoms with Gasteiger partial charge in [-0.3, -0.25) is 4.79 Å². The molecule has 0 bridgehead atoms. The van der Waals surface area contributed by atoms with E-state index >= 15 is 0 Å². The second kappa shape index (κ2) is 5.32. The van der Waals surface area contributed by atoms with Crippen LogP contribution in [0, 0.1) is 13.8 Å². The molecule has 0 aliphatic heterocycles. The van der Waals surface area contributed by atoms with E-state index in [1.54, 1.807) is 0 Å². The molecule has 0 heterocycles. The third-order valence-electron chi connectivity index (χ3n) is 2.45. The fourth-order valence-corrected chi connectivity index (χ4v) is 1.41. The lowest BCUT2D eigenvalue weighted by atomic mass is 10.1. The summed E-state index contributed by atoms with van der Waals surface area (Å²) in [6, 6.07) is 6.05. The van der Waals surface area contributed by atoms with Gasteiger partial charge in [-0.05, 0) is 51.8 Å². The van der Waals surface area contributed by atoms with Crippen molar-refractivity contribution in [1.82, 2.24) is 5.32 Å². The number of hydrogen-bond donors (Lipinski definition) is 2. The zero-order chi connectivity index (χ0) is 13.1. The highest BCUT2D eigenvalue weighted by Crippen LogP contribution is 2.16. The van der Waals surface area contributed by atoms with E-state index in [0.717, 1.165) is 16.8 Å². The van der Waals surface area contributed by atoms with Crippen molar-refractivity contribution in [3.63, 3.8) is 0 Å². The number of aryl methyl sites for hydroxylation is 2. The van der Waals surface area contributed by atoms with Gasteiger partial charge in [-0.15, -0.1) is 0 Å². The third kappa shape index (κ3) is 5.00. The topological polar surface area (TPSA) is 41.1 Å². The Balaban J connectivity index is 2.59. The molecular weight excluding hydrogens is 212 g/mol. The summed E-state index contributed by atoms with van der Waals surface area (Å²) in [5.41, 5.74) is 3.08. The molecule has 17 heavy (non-hydrogen) atoms. The summed E-state index contributed by atoms with van der Waals surface area (Å²) in [4.78, 5) is 11.7. The second-order valence-electron chi connectivity index (χ2n) is 5.47. The Hall–Kier alpha value is -1.35. The molecule has 0 aliphatic rings. The maximum atomic E-state index is 11.7. The van der Waals surface area contributed by atoms with Crippen LogP contribution in [-0.2, 0) is 4.79 Å². The molecule has 0 atom stereocenters. The van der Waals surface area contributed by atoms with E-state index in [9.17, 15) is 4.79 Å². The van der Waals surface area contributed by atoms with Crippen molar-refractivity contribution in [3.05, 3.63) is 29.3 Å². The SMILES string of the molecule is Cc1ccc(C)c(NC(=O)CNC(C)(C)C)c1. The molecule has 0 saturated carbocycles. The van der Waals surface area contributed by atoms with Gasteiger partial charge < -0.3 is 10.6 Å². The summed E-state index contributed by atoms with van der Waals surface area (Å²) in [6.07, 6.45) is 0. The van der Waals surface area contributed by atoms with Crippen LogP contribution in [0.3, 0.4) is 0 Å². The minimum absolute atomic E-state index is 0.00590. The Labute approximate surface area is 104 Å². The van der Waals surface area contributed by atoms with Crippen LogP contribution in [0.2, 0.25) is 0 Å². The van der Waals surface area contributed by atoms with Crippen molar-refractivity contribution in [2.45, 2.75) is 40.2 Å². The molecule has 0 radical (unpaired) electrons. The number of benzene rings is 1. The van der Waals surface area contributed by atoms with E-state index in [0.29, 0.717) is 6.54 Å². The van der Waals surface area contributed by atoms with Crippen LogP contribution in [0.4, 0.5) is 5.69 Å². The van der Waals surface area contributed by atoms with Gasteiger partial charge in [0.2, 0.25) is 5.91 Å². The van der Waals surface area contributed by atoms with Gasteiger partial charge in [0.15, 0.2) is 0 Å². The van der Waals surface area contributed by atoms with Crippen LogP contribution in [0.25, 0.3) is 0 Å². The minimum atomic E-state index is -0.0427. The predicted octanol–water partition coefficient (Wildman–Crippen LogP) is 2.63. The molecule has 0 spiro atoms. The molecule has 1 rings (SSSR count). The largest absolute Gasteiger partial charge is 0.325 e. The first kappa shape index (κ1) is 13.7. The molecule has 0 fully saturated rings. The van der Waals surface area contributed by atoms with Crippen molar-refractivity contribution >= 4 is 11.6 Å². The molecule has 2 N–H and O–H groups in total. The van der Waals surface area contributed by atoms with Gasteiger partial charge in [0.05, 0.1) is 6.54 Å². The fourth-order valence-electron chi connectivity index (χ4n) is 1.41. The molecule has 0 aliphatic carbocycles. The van der Waals surface area contributed by atoms with E-state index in [-0.39, 0.29) is 11.4 Å². The summed E-state index contributed by atoms with van der Waals surface area (Å²) in [5.74, 6) is -0.00590. The predicted molar refractivity (Wildman–Crippen MR) is 72.3 cm³/mol. The molecular formula is C14H22N2O. The standard InChI is InChI=1S/C14H22N2O/c1-10-6-7-11(2)12(8-10)16-13(17)9-15-14(3,4)5/h6-8,15H,9H2,1-5H3,(H,16,17). The quantitative estimate of drug-likeness (QED) is 0.844. The van der Waals surface area contributed by atoms with Crippen LogP contribution in [0.15, 0.2) is 18.2 Å². The summed E-state index contributed by atoms with van der Waals surface area (Å²) < 4.78 is 0. The van der Waals surface area contributed by atoms with Crippen LogP contribution < -0.4 is 10.6 Å². The number of amides is 1. The first-order chi connectivity index (χ1) is 7.78. The number of anilines is 1. The van der Waals surface area contributed by atoms with Crippen molar-refractivity contribution in [1.29, 1.82) is 0 Å². The van der Waals surface area contributed by atoms with Gasteiger partial charge in [-0.2, -0.15) is 0 Å². The molecule has 3 nitrogen and oxygen atoms in total. The summed E-state index contributed by atoms with van der Waals surface area (Å²) >= 11 is 0. The van der Waals surface area contributed by atoms with Crippen molar-refractivity contribution in [2.24, 2.45) is 0 Å². The van der Waals surface area contributed by atoms with E-state index < -0.39 is 0 Å². The van der Waals surface area contributed by atoms with Gasteiger partial charge in [0.1, 0.15) is 0 Å². The summed E-state index contributed by atoms with van der Waals surface area (Å²) in [5, 5.41) is 6.09. The zero-order valence-electron chi connectivity index (χ0n) is 11.3. The second-order valence-corrected chi connectivity index (χ2v) is 5.47. The first-order valence-electron chi connectivity index (χ1n) is 5.90. The molecule has 94 valence electrons. The molecule has 0 unspecified atom stereocenters. The maximum Gasteiger partial charge on any atom is 0.238 e. The van der Waals surface area contributed by atoms with Gasteiger partial charge in [0, 0.05) is 11.2 Å². The number of rotatable bonds is 3. The highest BCUT2D eigenvalue weighted by atomic mass is 16.1. The highest BCUT2D eigenvalue weighted by Gasteiger charge is 2.11. The highest BCUT2D eigenvalue weighted by molar-refractivity contribution is 5.93. The van der Waals surface area contributed by atoms with Crippen LogP contribution in [0.5, 0.6) is 0 Å². The van der Waals surface area contributed by atoms with E-state index in [4.69, 9.17) is 0 Å². The third-order valence-corrected chi connectivity index (χ3v) is 2.45. The Morgan fingerprint density at radius 2 is 1.88 bits per heavy atom. The Morgan fingerprint density at radius 1 is 1.24 bits per heavy atom. The number of hydrogen-bond acceptors (Lipinski definition) is 2. The Kier molecular flexibility index (Phi) is 4.29. The van der Waals surface area contributed by atoms with Crippen molar-refractivity contribution in [3.8, 4) is 0 Å². The minimum Gasteiger partial charge on any atom is -0.325 e. The van der Waals surface area contributed by atoms with Crippen LogP contribution in [-0.4, -0.2) is 18.0 Å². The lowest BCUT2D eigenvalue weighted by Gasteiger charge is -2.20. The molecule has 3 heteroatoms. The summed E-state index contributed by atoms with van der Waals surface area (Å²) in [7, 11) is 0. The Morgan fingerprint density at radius 3 is 2.47 bits per heavy atom. The van der Waals surface area contributed by atoms with Crippen molar-refractivity contribution in [2.75, 3.05) is 11.9 Å². The van der Waals surface area contributed by atoms with Gasteiger partial charge >= 0.3 is 0 Å². The lowest BCUT2D eigenvalue weighted by Crippen LogP contribution is -2.41. The molecule has 0 saturated heterocycles. The number of nitrogens with one attached hydrogen (secondary N) is 2. The smallest absolute Gasteiger partial charge is 0.238 e. The molecule has 1 amide bonds. The first-order valence-corrected chi connectivity index (χ1v) is 5.90. The van der Waals surface area contributed by atoms with Gasteiger partial charge in [-0.1, -0.05) is 12.1 Å². The normalized spacial score (nSPS) is 11.4. The number of carbonyl (C=O) groups excluding carboxylic acids is 1.